The molecule has 0 spiro atoms. The fourth-order valence-corrected chi connectivity index (χ4v) is 9.47. The van der Waals surface area contributed by atoms with Crippen molar-refractivity contribution in [2.75, 3.05) is 13.2 Å². The first-order chi connectivity index (χ1) is 38.5. The molecule has 0 saturated carbocycles. The molecule has 1 atom stereocenters. The molecule has 0 bridgehead atoms. The molecule has 0 rings (SSSR count). The van der Waals surface area contributed by atoms with Crippen LogP contribution in [0.1, 0.15) is 323 Å². The summed E-state index contributed by atoms with van der Waals surface area (Å²) in [6, 6.07) is 0. The number of carbonyl (C=O) groups excluding carboxylic acids is 3. The summed E-state index contributed by atoms with van der Waals surface area (Å²) in [5.74, 6) is -1.04. The summed E-state index contributed by atoms with van der Waals surface area (Å²) in [5, 5.41) is 0. The number of unbranched alkanes of at least 4 members (excludes halogenated alkanes) is 34. The van der Waals surface area contributed by atoms with E-state index < -0.39 is 12.1 Å². The monoisotopic (exact) mass is 1080 g/mol. The first kappa shape index (κ1) is 74.3. The first-order valence-corrected chi connectivity index (χ1v) is 33.2. The van der Waals surface area contributed by atoms with Crippen LogP contribution in [0.3, 0.4) is 0 Å². The molecule has 0 N–H and O–H groups in total. The van der Waals surface area contributed by atoms with E-state index in [-0.39, 0.29) is 31.6 Å². The summed E-state index contributed by atoms with van der Waals surface area (Å²) in [4.78, 5) is 38.3. The van der Waals surface area contributed by atoms with Gasteiger partial charge in [-0.3, -0.25) is 14.4 Å². The van der Waals surface area contributed by atoms with E-state index >= 15 is 0 Å². The van der Waals surface area contributed by atoms with Crippen molar-refractivity contribution in [3.05, 3.63) is 97.2 Å². The van der Waals surface area contributed by atoms with E-state index in [0.717, 1.165) is 96.3 Å². The molecular weight excluding hydrogens is 961 g/mol. The van der Waals surface area contributed by atoms with Gasteiger partial charge in [0.1, 0.15) is 13.2 Å². The highest BCUT2D eigenvalue weighted by molar-refractivity contribution is 5.72. The molecule has 0 fully saturated rings. The van der Waals surface area contributed by atoms with Gasteiger partial charge in [0.2, 0.25) is 0 Å². The van der Waals surface area contributed by atoms with Crippen LogP contribution < -0.4 is 0 Å². The maximum atomic E-state index is 12.9. The highest BCUT2D eigenvalue weighted by Crippen LogP contribution is 2.18. The van der Waals surface area contributed by atoms with E-state index in [1.165, 1.54) is 186 Å². The van der Waals surface area contributed by atoms with E-state index in [2.05, 4.69) is 106 Å². The maximum absolute atomic E-state index is 12.9. The van der Waals surface area contributed by atoms with Crippen LogP contribution in [0.5, 0.6) is 0 Å². The third-order valence-electron chi connectivity index (χ3n) is 14.4. The zero-order valence-electron chi connectivity index (χ0n) is 51.4. The van der Waals surface area contributed by atoms with Crippen molar-refractivity contribution in [1.29, 1.82) is 0 Å². The molecule has 448 valence electrons. The molecule has 0 aromatic heterocycles. The van der Waals surface area contributed by atoms with E-state index in [0.29, 0.717) is 12.8 Å². The zero-order valence-corrected chi connectivity index (χ0v) is 51.4. The molecular formula is C72H124O6. The second-order valence-electron chi connectivity index (χ2n) is 22.0. The Morgan fingerprint density at radius 1 is 0.282 bits per heavy atom. The quantitative estimate of drug-likeness (QED) is 0.0261. The summed E-state index contributed by atoms with van der Waals surface area (Å²) in [6.07, 6.45) is 88.9. The van der Waals surface area contributed by atoms with Gasteiger partial charge in [0.25, 0.3) is 0 Å². The van der Waals surface area contributed by atoms with Crippen LogP contribution in [0.2, 0.25) is 0 Å². The van der Waals surface area contributed by atoms with Crippen LogP contribution >= 0.6 is 0 Å². The number of allylic oxidation sites excluding steroid dienone is 15. The molecule has 1 unspecified atom stereocenters. The van der Waals surface area contributed by atoms with Crippen LogP contribution in [0, 0.1) is 0 Å². The van der Waals surface area contributed by atoms with Gasteiger partial charge in [-0.05, 0) is 77.0 Å². The molecule has 0 aliphatic heterocycles. The summed E-state index contributed by atoms with van der Waals surface area (Å²) < 4.78 is 16.8. The molecule has 6 nitrogen and oxygen atoms in total. The Labute approximate surface area is 483 Å². The van der Waals surface area contributed by atoms with Gasteiger partial charge in [-0.2, -0.15) is 0 Å². The first-order valence-electron chi connectivity index (χ1n) is 33.2. The smallest absolute Gasteiger partial charge is 0.309 e. The third-order valence-corrected chi connectivity index (χ3v) is 14.4. The molecule has 0 heterocycles. The summed E-state index contributed by atoms with van der Waals surface area (Å²) in [7, 11) is 0. The highest BCUT2D eigenvalue weighted by Gasteiger charge is 2.19. The molecule has 0 aromatic carbocycles. The average molecular weight is 1090 g/mol. The van der Waals surface area contributed by atoms with Crippen molar-refractivity contribution in [3.8, 4) is 0 Å². The SMILES string of the molecule is CC/C=C\C/C=C\C/C=C\C/C=C\C/C=C\CC(=O)OCC(COC(=O)CCCCCCCCCCCCCCCCCCCCCCCCCCCCCC)OC(=O)CCCCCCCCC/C=C\C/C=C\C/C=C\CC. The number of ether oxygens (including phenoxy) is 3. The van der Waals surface area contributed by atoms with Gasteiger partial charge in [0, 0.05) is 12.8 Å². The molecule has 0 aromatic rings. The normalized spacial score (nSPS) is 12.7. The molecule has 0 saturated heterocycles. The number of hydrogen-bond donors (Lipinski definition) is 0. The van der Waals surface area contributed by atoms with Gasteiger partial charge in [-0.25, -0.2) is 0 Å². The van der Waals surface area contributed by atoms with Crippen LogP contribution in [0.15, 0.2) is 97.2 Å². The minimum atomic E-state index is -0.824. The Balaban J connectivity index is 4.30. The number of rotatable bonds is 60. The topological polar surface area (TPSA) is 78.9 Å². The third kappa shape index (κ3) is 63.2. The minimum absolute atomic E-state index is 0.110. The van der Waals surface area contributed by atoms with Gasteiger partial charge in [-0.15, -0.1) is 0 Å². The van der Waals surface area contributed by atoms with Gasteiger partial charge < -0.3 is 14.2 Å². The van der Waals surface area contributed by atoms with Gasteiger partial charge in [-0.1, -0.05) is 323 Å². The van der Waals surface area contributed by atoms with Crippen molar-refractivity contribution < 1.29 is 28.6 Å². The van der Waals surface area contributed by atoms with Crippen molar-refractivity contribution in [3.63, 3.8) is 0 Å². The Hall–Kier alpha value is -3.67. The Morgan fingerprint density at radius 2 is 0.551 bits per heavy atom. The largest absolute Gasteiger partial charge is 0.462 e. The predicted molar refractivity (Wildman–Crippen MR) is 339 cm³/mol. The molecule has 0 radical (unpaired) electrons. The second kappa shape index (κ2) is 65.8. The lowest BCUT2D eigenvalue weighted by atomic mass is 10.0. The van der Waals surface area contributed by atoms with Crippen LogP contribution in [-0.2, 0) is 28.6 Å². The van der Waals surface area contributed by atoms with E-state index in [4.69, 9.17) is 14.2 Å². The fraction of sp³-hybridized carbons (Fsp3) is 0.736. The van der Waals surface area contributed by atoms with Gasteiger partial charge in [0.05, 0.1) is 6.42 Å². The summed E-state index contributed by atoms with van der Waals surface area (Å²) in [6.45, 7) is 6.36. The predicted octanol–water partition coefficient (Wildman–Crippen LogP) is 22.8. The Kier molecular flexibility index (Phi) is 62.7. The van der Waals surface area contributed by atoms with Crippen molar-refractivity contribution >= 4 is 17.9 Å². The number of esters is 3. The van der Waals surface area contributed by atoms with Crippen LogP contribution in [0.4, 0.5) is 0 Å². The fourth-order valence-electron chi connectivity index (χ4n) is 9.47. The van der Waals surface area contributed by atoms with Crippen LogP contribution in [0.25, 0.3) is 0 Å². The van der Waals surface area contributed by atoms with Crippen molar-refractivity contribution in [1.82, 2.24) is 0 Å². The molecule has 6 heteroatoms. The Bertz CT molecular complexity index is 1530. The highest BCUT2D eigenvalue weighted by atomic mass is 16.6. The molecule has 78 heavy (non-hydrogen) atoms. The second-order valence-corrected chi connectivity index (χ2v) is 22.0. The van der Waals surface area contributed by atoms with E-state index in [1.807, 2.05) is 6.08 Å². The molecule has 0 aliphatic rings. The lowest BCUT2D eigenvalue weighted by Crippen LogP contribution is -2.30. The Morgan fingerprint density at radius 3 is 0.897 bits per heavy atom. The maximum Gasteiger partial charge on any atom is 0.309 e. The van der Waals surface area contributed by atoms with Gasteiger partial charge in [0.15, 0.2) is 6.10 Å². The molecule has 0 amide bonds. The zero-order chi connectivity index (χ0) is 56.4. The van der Waals surface area contributed by atoms with Crippen molar-refractivity contribution in [2.45, 2.75) is 329 Å². The van der Waals surface area contributed by atoms with E-state index in [1.54, 1.807) is 6.08 Å². The number of carbonyl (C=O) groups is 3. The lowest BCUT2D eigenvalue weighted by molar-refractivity contribution is -0.166. The number of hydrogen-bond acceptors (Lipinski definition) is 6. The van der Waals surface area contributed by atoms with Crippen molar-refractivity contribution in [2.24, 2.45) is 0 Å². The van der Waals surface area contributed by atoms with Crippen LogP contribution in [-0.4, -0.2) is 37.2 Å². The van der Waals surface area contributed by atoms with E-state index in [9.17, 15) is 14.4 Å². The minimum Gasteiger partial charge on any atom is -0.462 e. The van der Waals surface area contributed by atoms with Gasteiger partial charge >= 0.3 is 17.9 Å². The summed E-state index contributed by atoms with van der Waals surface area (Å²) in [5.41, 5.74) is 0. The molecule has 0 aliphatic carbocycles. The average Bonchev–Trinajstić information content (AvgIpc) is 3.44. The standard InChI is InChI=1S/C72H124O6/c1-4-7-10-13-16-19-22-25-28-30-31-32-33-34-35-36-37-38-39-40-42-44-47-50-53-56-59-62-65-71(74)77-68-69(67-76-70(73)64-61-58-55-52-49-46-43-27-24-21-18-15-12-9-6-3)78-72(75)66-63-60-57-54-51-48-45-41-29-26-23-20-17-14-11-8-5-2/h8-9,11-12,17-18,20-21,26-27,29,43,49,52,58,61,69H,4-7,10,13-16,19,22-25,28,30-42,44-48,50-51,53-57,59-60,62-68H2,1-3H3/b11-8-,12-9-,20-17-,21-18-,29-26-,43-27-,52-49-,61-58-. The lowest BCUT2D eigenvalue weighted by Gasteiger charge is -2.18. The summed E-state index contributed by atoms with van der Waals surface area (Å²) >= 11 is 0.